The van der Waals surface area contributed by atoms with Crippen molar-refractivity contribution in [2.45, 2.75) is 25.8 Å². The molecule has 1 aromatic carbocycles. The van der Waals surface area contributed by atoms with Crippen molar-refractivity contribution in [1.29, 1.82) is 0 Å². The van der Waals surface area contributed by atoms with Gasteiger partial charge in [0.1, 0.15) is 0 Å². The Kier molecular flexibility index (Phi) is 5.05. The van der Waals surface area contributed by atoms with Gasteiger partial charge in [-0.3, -0.25) is 14.7 Å². The van der Waals surface area contributed by atoms with Gasteiger partial charge in [-0.2, -0.15) is 5.10 Å². The van der Waals surface area contributed by atoms with Crippen LogP contribution in [0.25, 0.3) is 0 Å². The quantitative estimate of drug-likeness (QED) is 0.849. The maximum atomic E-state index is 12.6. The summed E-state index contributed by atoms with van der Waals surface area (Å²) in [5.74, 6) is 0.00942. The highest BCUT2D eigenvalue weighted by molar-refractivity contribution is 5.96. The first-order valence-corrected chi connectivity index (χ1v) is 8.10. The number of H-pyrrole nitrogens is 1. The van der Waals surface area contributed by atoms with E-state index in [1.54, 1.807) is 17.0 Å². The van der Waals surface area contributed by atoms with Gasteiger partial charge in [0.15, 0.2) is 5.78 Å². The molecule has 0 radical (unpaired) electrons. The number of carbonyl (C=O) groups excluding carboxylic acids is 2. The number of rotatable bonds is 5. The third-order valence-corrected chi connectivity index (χ3v) is 4.16. The number of nitrogens with zero attached hydrogens (tertiary/aromatic N) is 2. The molecule has 3 rings (SSSR count). The summed E-state index contributed by atoms with van der Waals surface area (Å²) >= 11 is 0. The van der Waals surface area contributed by atoms with Crippen molar-refractivity contribution in [3.63, 3.8) is 0 Å². The number of aryl methyl sites for hydroxylation is 1. The van der Waals surface area contributed by atoms with Crippen molar-refractivity contribution < 1.29 is 14.3 Å². The van der Waals surface area contributed by atoms with Crippen LogP contribution >= 0.6 is 0 Å². The molecule has 1 fully saturated rings. The summed E-state index contributed by atoms with van der Waals surface area (Å²) in [6, 6.07) is 10.8. The normalized spacial score (nSPS) is 17.7. The molecule has 1 atom stereocenters. The standard InChI is InChI=1S/C18H21N3O3/c1-13-9-15(20-19-13)10-18(23)21-7-8-24-12-16(21)11-17(22)14-5-3-2-4-6-14/h2-6,9,16H,7-8,10-12H2,1H3,(H,19,20)/t16-/m0/s1. The summed E-state index contributed by atoms with van der Waals surface area (Å²) in [5.41, 5.74) is 2.31. The van der Waals surface area contributed by atoms with Gasteiger partial charge >= 0.3 is 0 Å². The van der Waals surface area contributed by atoms with Crippen LogP contribution in [0.2, 0.25) is 0 Å². The van der Waals surface area contributed by atoms with Crippen LogP contribution in [0, 0.1) is 6.92 Å². The van der Waals surface area contributed by atoms with Crippen LogP contribution in [0.1, 0.15) is 28.2 Å². The molecule has 24 heavy (non-hydrogen) atoms. The van der Waals surface area contributed by atoms with Crippen LogP contribution in [0.4, 0.5) is 0 Å². The van der Waals surface area contributed by atoms with E-state index < -0.39 is 0 Å². The summed E-state index contributed by atoms with van der Waals surface area (Å²) in [6.07, 6.45) is 0.510. The molecule has 126 valence electrons. The third-order valence-electron chi connectivity index (χ3n) is 4.16. The lowest BCUT2D eigenvalue weighted by Crippen LogP contribution is -2.50. The Morgan fingerprint density at radius 2 is 2.12 bits per heavy atom. The average molecular weight is 327 g/mol. The Hall–Kier alpha value is -2.47. The summed E-state index contributed by atoms with van der Waals surface area (Å²) in [4.78, 5) is 26.8. The molecule has 0 unspecified atom stereocenters. The summed E-state index contributed by atoms with van der Waals surface area (Å²) < 4.78 is 5.49. The fourth-order valence-corrected chi connectivity index (χ4v) is 2.93. The van der Waals surface area contributed by atoms with Crippen molar-refractivity contribution in [3.8, 4) is 0 Å². The highest BCUT2D eigenvalue weighted by atomic mass is 16.5. The van der Waals surface area contributed by atoms with E-state index in [0.29, 0.717) is 25.3 Å². The average Bonchev–Trinajstić information content (AvgIpc) is 3.01. The lowest BCUT2D eigenvalue weighted by Gasteiger charge is -2.35. The first-order valence-electron chi connectivity index (χ1n) is 8.10. The zero-order valence-corrected chi connectivity index (χ0v) is 13.7. The van der Waals surface area contributed by atoms with Crippen LogP contribution in [0.15, 0.2) is 36.4 Å². The van der Waals surface area contributed by atoms with Crippen LogP contribution in [-0.4, -0.2) is 52.6 Å². The van der Waals surface area contributed by atoms with E-state index in [9.17, 15) is 9.59 Å². The molecule has 1 aliphatic rings. The van der Waals surface area contributed by atoms with Gasteiger partial charge in [0, 0.05) is 24.2 Å². The lowest BCUT2D eigenvalue weighted by molar-refractivity contribution is -0.139. The fraction of sp³-hybridized carbons (Fsp3) is 0.389. The Bertz CT molecular complexity index is 711. The van der Waals surface area contributed by atoms with Gasteiger partial charge in [0.2, 0.25) is 5.91 Å². The number of ether oxygens (including phenoxy) is 1. The number of hydrogen-bond donors (Lipinski definition) is 1. The predicted octanol–water partition coefficient (Wildman–Crippen LogP) is 1.76. The maximum absolute atomic E-state index is 12.6. The van der Waals surface area contributed by atoms with E-state index in [4.69, 9.17) is 4.74 Å². The minimum absolute atomic E-state index is 0.0179. The first kappa shape index (κ1) is 16.4. The predicted molar refractivity (Wildman–Crippen MR) is 88.7 cm³/mol. The van der Waals surface area contributed by atoms with E-state index >= 15 is 0 Å². The van der Waals surface area contributed by atoms with Crippen LogP contribution in [0.3, 0.4) is 0 Å². The second-order valence-corrected chi connectivity index (χ2v) is 6.03. The summed E-state index contributed by atoms with van der Waals surface area (Å²) in [7, 11) is 0. The Morgan fingerprint density at radius 1 is 1.33 bits per heavy atom. The van der Waals surface area contributed by atoms with Gasteiger partial charge in [0.25, 0.3) is 0 Å². The van der Waals surface area contributed by atoms with Gasteiger partial charge in [0.05, 0.1) is 31.4 Å². The largest absolute Gasteiger partial charge is 0.377 e. The number of aromatic nitrogens is 2. The molecule has 0 aliphatic carbocycles. The van der Waals surface area contributed by atoms with Gasteiger partial charge in [-0.15, -0.1) is 0 Å². The second kappa shape index (κ2) is 7.40. The molecule has 0 bridgehead atoms. The molecule has 1 N–H and O–H groups in total. The number of aromatic amines is 1. The van der Waals surface area contributed by atoms with Crippen LogP contribution < -0.4 is 0 Å². The highest BCUT2D eigenvalue weighted by Gasteiger charge is 2.29. The molecule has 0 spiro atoms. The highest BCUT2D eigenvalue weighted by Crippen LogP contribution is 2.16. The van der Waals surface area contributed by atoms with Crippen molar-refractivity contribution in [2.75, 3.05) is 19.8 Å². The SMILES string of the molecule is Cc1cc(CC(=O)N2CCOC[C@@H]2CC(=O)c2ccccc2)n[nH]1. The van der Waals surface area contributed by atoms with Crippen LogP contribution in [-0.2, 0) is 16.0 Å². The molecule has 2 heterocycles. The maximum Gasteiger partial charge on any atom is 0.229 e. The van der Waals surface area contributed by atoms with Crippen molar-refractivity contribution >= 4 is 11.7 Å². The molecule has 1 amide bonds. The van der Waals surface area contributed by atoms with Crippen molar-refractivity contribution in [3.05, 3.63) is 53.3 Å². The number of amides is 1. The molecule has 2 aromatic rings. The minimum atomic E-state index is -0.223. The monoisotopic (exact) mass is 327 g/mol. The summed E-state index contributed by atoms with van der Waals surface area (Å²) in [6.45, 7) is 3.30. The number of carbonyl (C=O) groups is 2. The number of nitrogens with one attached hydrogen (secondary N) is 1. The van der Waals surface area contributed by atoms with E-state index in [2.05, 4.69) is 10.2 Å². The number of benzene rings is 1. The number of morpholine rings is 1. The molecular formula is C18H21N3O3. The zero-order valence-electron chi connectivity index (χ0n) is 13.7. The fourth-order valence-electron chi connectivity index (χ4n) is 2.93. The Morgan fingerprint density at radius 3 is 2.83 bits per heavy atom. The Labute approximate surface area is 140 Å². The number of ketones is 1. The van der Waals surface area contributed by atoms with E-state index in [0.717, 1.165) is 11.4 Å². The zero-order chi connectivity index (χ0) is 16.9. The second-order valence-electron chi connectivity index (χ2n) is 6.03. The first-order chi connectivity index (χ1) is 11.6. The molecule has 1 aliphatic heterocycles. The molecule has 1 saturated heterocycles. The Balaban J connectivity index is 1.66. The molecule has 6 nitrogen and oxygen atoms in total. The minimum Gasteiger partial charge on any atom is -0.377 e. The summed E-state index contributed by atoms with van der Waals surface area (Å²) in [5, 5.41) is 6.96. The molecule has 6 heteroatoms. The number of hydrogen-bond acceptors (Lipinski definition) is 4. The van der Waals surface area contributed by atoms with E-state index in [1.165, 1.54) is 0 Å². The van der Waals surface area contributed by atoms with Gasteiger partial charge in [-0.1, -0.05) is 30.3 Å². The number of Topliss-reactive ketones (excluding diaryl/α,β-unsaturated/α-hetero) is 1. The molecular weight excluding hydrogens is 306 g/mol. The lowest BCUT2D eigenvalue weighted by atomic mass is 10.0. The van der Waals surface area contributed by atoms with Crippen molar-refractivity contribution in [2.24, 2.45) is 0 Å². The third kappa shape index (κ3) is 3.89. The van der Waals surface area contributed by atoms with Gasteiger partial charge < -0.3 is 9.64 Å². The smallest absolute Gasteiger partial charge is 0.229 e. The van der Waals surface area contributed by atoms with Crippen LogP contribution in [0.5, 0.6) is 0 Å². The van der Waals surface area contributed by atoms with Gasteiger partial charge in [-0.05, 0) is 13.0 Å². The van der Waals surface area contributed by atoms with Gasteiger partial charge in [-0.25, -0.2) is 0 Å². The van der Waals surface area contributed by atoms with Crippen molar-refractivity contribution in [1.82, 2.24) is 15.1 Å². The van der Waals surface area contributed by atoms with E-state index in [1.807, 2.05) is 31.2 Å². The topological polar surface area (TPSA) is 75.3 Å². The van der Waals surface area contributed by atoms with E-state index in [-0.39, 0.29) is 30.6 Å². The molecule has 1 aromatic heterocycles. The molecule has 0 saturated carbocycles.